The van der Waals surface area contributed by atoms with Crippen molar-refractivity contribution < 1.29 is 71.7 Å². The summed E-state index contributed by atoms with van der Waals surface area (Å²) >= 11 is 0. The molecule has 0 aliphatic heterocycles. The zero-order chi connectivity index (χ0) is 96.6. The van der Waals surface area contributed by atoms with E-state index in [0.29, 0.717) is 155 Å². The van der Waals surface area contributed by atoms with Crippen molar-refractivity contribution in [1.82, 2.24) is 59.7 Å². The van der Waals surface area contributed by atoms with Crippen molar-refractivity contribution in [3.63, 3.8) is 0 Å². The summed E-state index contributed by atoms with van der Waals surface area (Å²) in [5.74, 6) is 14.0. The third-order valence-corrected chi connectivity index (χ3v) is 42.6. The second kappa shape index (κ2) is 38.5. The number of aromatic nitrogens is 12. The van der Waals surface area contributed by atoms with E-state index >= 15 is 0 Å². The van der Waals surface area contributed by atoms with Crippen LogP contribution in [0.15, 0.2) is 79.3 Å². The first kappa shape index (κ1) is 97.7. The van der Waals surface area contributed by atoms with Crippen LogP contribution in [-0.2, 0) is 64.3 Å². The third kappa shape index (κ3) is 18.1. The van der Waals surface area contributed by atoms with Crippen molar-refractivity contribution >= 4 is 67.1 Å². The zero-order valence-electron chi connectivity index (χ0n) is 83.5. The van der Waals surface area contributed by atoms with Crippen LogP contribution in [0.3, 0.4) is 0 Å². The summed E-state index contributed by atoms with van der Waals surface area (Å²) in [6.07, 6.45) is 44.5. The molecule has 32 atom stereocenters. The number of halogens is 3. The molecule has 0 unspecified atom stereocenters. The summed E-state index contributed by atoms with van der Waals surface area (Å²) in [4.78, 5) is 60.0. The fourth-order valence-electron chi connectivity index (χ4n) is 36.7. The molecule has 16 fully saturated rings. The van der Waals surface area contributed by atoms with Gasteiger partial charge in [0.2, 0.25) is 0 Å². The highest BCUT2D eigenvalue weighted by Gasteiger charge is 2.65. The average molecular weight is 1920 g/mol. The van der Waals surface area contributed by atoms with Gasteiger partial charge in [0.05, 0.1) is 77.8 Å². The summed E-state index contributed by atoms with van der Waals surface area (Å²) in [7, 11) is 6.76. The molecule has 5 heterocycles. The highest BCUT2D eigenvalue weighted by atomic mass is 19.1. The minimum Gasteiger partial charge on any atom is -0.387 e. The smallest absolute Gasteiger partial charge is 0.159 e. The predicted molar refractivity (Wildman–Crippen MR) is 520 cm³/mol. The summed E-state index contributed by atoms with van der Waals surface area (Å²) in [5, 5.41) is 74.8. The van der Waals surface area contributed by atoms with E-state index in [-0.39, 0.29) is 99.8 Å². The lowest BCUT2D eigenvalue weighted by atomic mass is 9.49. The largest absolute Gasteiger partial charge is 0.387 e. The molecule has 0 amide bonds. The van der Waals surface area contributed by atoms with Crippen molar-refractivity contribution in [3.8, 4) is 0 Å². The zero-order valence-corrected chi connectivity index (χ0v) is 83.5. The highest BCUT2D eigenvalue weighted by molar-refractivity contribution is 5.87. The second-order valence-electron chi connectivity index (χ2n) is 49.3. The van der Waals surface area contributed by atoms with Gasteiger partial charge in [-0.15, -0.1) is 10.2 Å². The first-order valence-electron chi connectivity index (χ1n) is 54.0. The number of hydrogen-bond acceptors (Lipinski definition) is 20. The molecule has 24 rings (SSSR count). The van der Waals surface area contributed by atoms with Crippen molar-refractivity contribution in [3.05, 3.63) is 96.7 Å². The van der Waals surface area contributed by atoms with Gasteiger partial charge in [0.1, 0.15) is 65.7 Å². The van der Waals surface area contributed by atoms with E-state index in [2.05, 4.69) is 68.6 Å². The highest BCUT2D eigenvalue weighted by Crippen LogP contribution is 2.71. The van der Waals surface area contributed by atoms with E-state index in [4.69, 9.17) is 18.9 Å². The number of Topliss-reactive ketones (excluding diaryl/α,β-unsaturated/α-hetero) is 4. The Kier molecular flexibility index (Phi) is 27.1. The summed E-state index contributed by atoms with van der Waals surface area (Å²) in [5.41, 5.74) is 2.20. The Hall–Kier alpha value is -7.37. The fourth-order valence-corrected chi connectivity index (χ4v) is 36.7. The molecule has 3 aromatic carbocycles. The number of fused-ring (bicyclic) bond motifs is 24. The molecule has 0 spiro atoms. The number of pyridine rings is 1. The van der Waals surface area contributed by atoms with Gasteiger partial charge in [0.25, 0.3) is 0 Å². The van der Waals surface area contributed by atoms with Gasteiger partial charge in [-0.3, -0.25) is 28.8 Å². The van der Waals surface area contributed by atoms with Gasteiger partial charge >= 0.3 is 0 Å². The third-order valence-electron chi connectivity index (χ3n) is 42.6. The fraction of sp³-hybridized carbons (Fsp3) is 0.750. The number of aliphatic hydroxyl groups is 4. The molecule has 754 valence electrons. The van der Waals surface area contributed by atoms with Crippen LogP contribution in [0.5, 0.6) is 0 Å². The van der Waals surface area contributed by atoms with Crippen LogP contribution in [0.25, 0.3) is 44.0 Å². The number of carbonyl (C=O) groups excluding carboxylic acids is 4. The van der Waals surface area contributed by atoms with E-state index < -0.39 is 22.4 Å². The molecule has 16 saturated carbocycles. The maximum absolute atomic E-state index is 13.8. The van der Waals surface area contributed by atoms with Gasteiger partial charge in [-0.1, -0.05) is 38.1 Å². The van der Waals surface area contributed by atoms with E-state index in [1.165, 1.54) is 131 Å². The van der Waals surface area contributed by atoms with E-state index in [1.807, 2.05) is 23.1 Å². The summed E-state index contributed by atoms with van der Waals surface area (Å²) < 4.78 is 67.3. The van der Waals surface area contributed by atoms with Crippen LogP contribution in [0, 0.1) is 181 Å². The quantitative estimate of drug-likeness (QED) is 0.0551. The standard InChI is InChI=1S/3C28H38FN3O3.C28H39N3O3/c1-27-11-9-20-19-10-12-28(34,16-35-2)14-17(19)3-5-21(20)22(27)6-7-23(27)26(33)15-32-25-8-4-18(29)13-24(25)30-31-32;1-27-11-9-20-19-10-12-28(34,16-35-2)14-17(19)3-5-21(20)22(27)6-7-23(27)26(33)15-32-25-13-18(29)4-8-24(25)30-31-32;1-27-11-9-20-19-10-12-28(34,16-35-2)14-17(19)3-5-21(20)22(27)6-7-23(27)26(33)15-32-30-24-8-4-18(29)13-25(24)31-32;1-27-10-7-21-20-8-11-28(33,17-34-2)13-18(20)3-4-22(21)23(27)5-6-24(27)26(32)16-31-25-15-29-12-9-19(25)14-30-31/h3*4,8,13,17,19-23,34H,3,5-7,9-12,14-16H2,1-2H3;9,12,14-15,18,20-24,33H,3-8,10-11,13,16-17H2,1-2H3/t3*17-,19+,20-,21-,22+,23-,27+,28-;18-,20+,21-,22-,23+,24-,27+,28-/m1111/s1. The number of ether oxygens (including phenoxy) is 4. The van der Waals surface area contributed by atoms with Gasteiger partial charge in [-0.2, -0.15) is 20.1 Å². The molecular weight excluding hydrogens is 1760 g/mol. The molecule has 16 aliphatic rings. The summed E-state index contributed by atoms with van der Waals surface area (Å²) in [6, 6.07) is 15.2. The van der Waals surface area contributed by atoms with Crippen LogP contribution >= 0.6 is 0 Å². The molecular formula is C112H153F3N12O12. The van der Waals surface area contributed by atoms with Crippen molar-refractivity contribution in [1.29, 1.82) is 0 Å². The number of nitrogens with zero attached hydrogens (tertiary/aromatic N) is 12. The number of carbonyl (C=O) groups is 4. The summed E-state index contributed by atoms with van der Waals surface area (Å²) in [6.45, 7) is 12.3. The Bertz CT molecular complexity index is 5790. The van der Waals surface area contributed by atoms with Crippen LogP contribution in [0.1, 0.15) is 259 Å². The first-order valence-corrected chi connectivity index (χ1v) is 54.0. The van der Waals surface area contributed by atoms with E-state index in [0.717, 1.165) is 188 Å². The number of benzene rings is 3. The first-order chi connectivity index (χ1) is 66.8. The van der Waals surface area contributed by atoms with Crippen LogP contribution in [0.4, 0.5) is 13.2 Å². The lowest BCUT2D eigenvalue weighted by Crippen LogP contribution is -2.52. The monoisotopic (exact) mass is 1920 g/mol. The van der Waals surface area contributed by atoms with Gasteiger partial charge in [0.15, 0.2) is 23.1 Å². The van der Waals surface area contributed by atoms with Gasteiger partial charge in [0, 0.05) is 81.9 Å². The number of hydrogen-bond donors (Lipinski definition) is 4. The van der Waals surface area contributed by atoms with Crippen molar-refractivity contribution in [2.75, 3.05) is 54.9 Å². The molecule has 0 saturated heterocycles. The number of ketones is 4. The maximum Gasteiger partial charge on any atom is 0.159 e. The van der Waals surface area contributed by atoms with Crippen molar-refractivity contribution in [2.24, 2.45) is 164 Å². The molecule has 24 nitrogen and oxygen atoms in total. The average Bonchev–Trinajstić information content (AvgIpc) is 1.64. The lowest BCUT2D eigenvalue weighted by Gasteiger charge is -2.57. The molecule has 16 aliphatic carbocycles. The number of rotatable bonds is 20. The van der Waals surface area contributed by atoms with Crippen molar-refractivity contribution in [2.45, 2.75) is 307 Å². The molecule has 4 N–H and O–H groups in total. The van der Waals surface area contributed by atoms with Crippen LogP contribution in [0.2, 0.25) is 0 Å². The Labute approximate surface area is 816 Å². The molecule has 139 heavy (non-hydrogen) atoms. The van der Waals surface area contributed by atoms with E-state index in [9.17, 15) is 52.8 Å². The molecule has 27 heteroatoms. The minimum absolute atomic E-state index is 0.0390. The Morgan fingerprint density at radius 1 is 0.338 bits per heavy atom. The molecule has 8 aromatic rings. The number of methoxy groups -OCH3 is 4. The van der Waals surface area contributed by atoms with Gasteiger partial charge < -0.3 is 39.4 Å². The van der Waals surface area contributed by atoms with E-state index in [1.54, 1.807) is 62.2 Å². The topological polar surface area (TPSA) is 309 Å². The SMILES string of the molecule is COC[C@@]1(O)CC[C@H]2[C@H](CC[C@@H]3[C@@H]2CC[C@]2(C)[C@@H](C(=O)Cn4nc5ccc(F)cc5n4)CC[C@@H]32)C1.COC[C@@]1(O)CC[C@H]2[C@H](CC[C@@H]3[C@@H]2CC[C@]2(C)[C@@H](C(=O)Cn4ncc5ccncc54)CC[C@@H]32)C1.COC[C@@]1(O)CC[C@H]2[C@H](CC[C@@H]3[C@@H]2CC[C@]2(C)[C@@H](C(=O)Cn4nnc5cc(F)ccc54)CC[C@@H]32)C1.COC[C@@]1(O)CC[C@H]2[C@H](CC[C@@H]3[C@@H]2CC[C@]2(C)[C@@H](C(=O)Cn4nnc5ccc(F)cc54)CC[C@@H]32)C1. The maximum atomic E-state index is 13.8. The second-order valence-corrected chi connectivity index (χ2v) is 49.3. The van der Waals surface area contributed by atoms with Gasteiger partial charge in [-0.25, -0.2) is 22.5 Å². The molecule has 0 bridgehead atoms. The minimum atomic E-state index is -0.648. The Morgan fingerprint density at radius 2 is 0.676 bits per heavy atom. The van der Waals surface area contributed by atoms with Crippen LogP contribution in [-0.4, -0.2) is 181 Å². The molecule has 5 aromatic heterocycles. The lowest BCUT2D eigenvalue weighted by molar-refractivity contribution is -0.137. The van der Waals surface area contributed by atoms with Gasteiger partial charge in [-0.05, 0) is 414 Å². The normalized spacial score (nSPS) is 41.0. The van der Waals surface area contributed by atoms with Crippen LogP contribution < -0.4 is 0 Å². The Balaban J connectivity index is 0.000000110. The Morgan fingerprint density at radius 3 is 1.08 bits per heavy atom. The predicted octanol–water partition coefficient (Wildman–Crippen LogP) is 19.0. The molecule has 0 radical (unpaired) electrons.